The number of ether oxygens (including phenoxy) is 2. The number of methoxy groups -OCH3 is 2. The number of hydrogen-bond donors (Lipinski definition) is 1. The van der Waals surface area contributed by atoms with Crippen molar-refractivity contribution in [2.24, 2.45) is 5.92 Å². The molecule has 0 radical (unpaired) electrons. The molecule has 152 valence electrons. The molecule has 0 aromatic heterocycles. The molecule has 1 atom stereocenters. The van der Waals surface area contributed by atoms with E-state index in [9.17, 15) is 4.79 Å². The molecule has 0 aliphatic rings. The van der Waals surface area contributed by atoms with Crippen LogP contribution in [0.3, 0.4) is 0 Å². The van der Waals surface area contributed by atoms with Crippen LogP contribution >= 0.6 is 0 Å². The summed E-state index contributed by atoms with van der Waals surface area (Å²) in [6.45, 7) is 10.5. The highest BCUT2D eigenvalue weighted by Crippen LogP contribution is 2.30. The van der Waals surface area contributed by atoms with Gasteiger partial charge in [-0.1, -0.05) is 39.8 Å². The van der Waals surface area contributed by atoms with Crippen LogP contribution in [0.5, 0.6) is 11.5 Å². The first kappa shape index (κ1) is 21.8. The molecule has 1 N–H and O–H groups in total. The van der Waals surface area contributed by atoms with E-state index in [0.717, 1.165) is 34.6 Å². The summed E-state index contributed by atoms with van der Waals surface area (Å²) in [6, 6.07) is 11.8. The second-order valence-electron chi connectivity index (χ2n) is 7.99. The molecule has 0 spiro atoms. The van der Waals surface area contributed by atoms with Crippen LogP contribution in [0.25, 0.3) is 0 Å². The molecule has 0 aliphatic heterocycles. The van der Waals surface area contributed by atoms with Crippen molar-refractivity contribution in [3.05, 3.63) is 58.7 Å². The number of nitrogens with one attached hydrogen (secondary N) is 1. The zero-order valence-corrected chi connectivity index (χ0v) is 18.1. The topological polar surface area (TPSA) is 47.6 Å². The summed E-state index contributed by atoms with van der Waals surface area (Å²) in [5.74, 6) is 2.32. The molecule has 0 heterocycles. The van der Waals surface area contributed by atoms with Crippen LogP contribution in [0, 0.1) is 12.8 Å². The van der Waals surface area contributed by atoms with Crippen molar-refractivity contribution in [2.45, 2.75) is 53.0 Å². The largest absolute Gasteiger partial charge is 0.497 e. The molecule has 1 amide bonds. The maximum Gasteiger partial charge on any atom is 0.252 e. The average molecular weight is 384 g/mol. The summed E-state index contributed by atoms with van der Waals surface area (Å²) in [4.78, 5) is 13.2. The molecular formula is C24H33NO3. The maximum atomic E-state index is 13.2. The summed E-state index contributed by atoms with van der Waals surface area (Å²) in [5.41, 5.74) is 3.74. The number of rotatable bonds is 8. The van der Waals surface area contributed by atoms with Gasteiger partial charge in [-0.05, 0) is 66.1 Å². The summed E-state index contributed by atoms with van der Waals surface area (Å²) in [7, 11) is 3.32. The molecule has 0 bridgehead atoms. The van der Waals surface area contributed by atoms with Gasteiger partial charge < -0.3 is 14.8 Å². The zero-order valence-electron chi connectivity index (χ0n) is 18.1. The van der Waals surface area contributed by atoms with Crippen LogP contribution in [0.1, 0.15) is 73.1 Å². The van der Waals surface area contributed by atoms with Crippen LogP contribution < -0.4 is 14.8 Å². The molecule has 4 heteroatoms. The highest BCUT2D eigenvalue weighted by Gasteiger charge is 2.20. The Labute approximate surface area is 169 Å². The maximum absolute atomic E-state index is 13.2. The highest BCUT2D eigenvalue weighted by atomic mass is 16.5. The average Bonchev–Trinajstić information content (AvgIpc) is 2.66. The Hall–Kier alpha value is -2.49. The molecule has 4 nitrogen and oxygen atoms in total. The quantitative estimate of drug-likeness (QED) is 0.640. The molecule has 0 fully saturated rings. The minimum Gasteiger partial charge on any atom is -0.497 e. The first-order valence-corrected chi connectivity index (χ1v) is 9.90. The number of hydrogen-bond acceptors (Lipinski definition) is 3. The van der Waals surface area contributed by atoms with Gasteiger partial charge in [-0.2, -0.15) is 0 Å². The predicted molar refractivity (Wildman–Crippen MR) is 114 cm³/mol. The summed E-state index contributed by atoms with van der Waals surface area (Å²) in [5, 5.41) is 3.24. The fraction of sp³-hybridized carbons (Fsp3) is 0.458. The third-order valence-electron chi connectivity index (χ3n) is 4.97. The Morgan fingerprint density at radius 2 is 1.64 bits per heavy atom. The molecule has 2 aromatic rings. The van der Waals surface area contributed by atoms with E-state index < -0.39 is 0 Å². The van der Waals surface area contributed by atoms with E-state index in [-0.39, 0.29) is 17.9 Å². The molecule has 0 saturated carbocycles. The Morgan fingerprint density at radius 3 is 2.14 bits per heavy atom. The van der Waals surface area contributed by atoms with Gasteiger partial charge in [0.15, 0.2) is 0 Å². The Morgan fingerprint density at radius 1 is 1.00 bits per heavy atom. The Kier molecular flexibility index (Phi) is 7.50. The van der Waals surface area contributed by atoms with Gasteiger partial charge in [-0.3, -0.25) is 4.79 Å². The van der Waals surface area contributed by atoms with Gasteiger partial charge in [-0.15, -0.1) is 0 Å². The number of benzene rings is 2. The van der Waals surface area contributed by atoms with Gasteiger partial charge in [-0.25, -0.2) is 0 Å². The first-order chi connectivity index (χ1) is 13.3. The molecule has 1 unspecified atom stereocenters. The predicted octanol–water partition coefficient (Wildman–Crippen LogP) is 5.65. The van der Waals surface area contributed by atoms with Gasteiger partial charge in [0.05, 0.1) is 20.3 Å². The van der Waals surface area contributed by atoms with Crippen molar-refractivity contribution in [1.82, 2.24) is 5.32 Å². The summed E-state index contributed by atoms with van der Waals surface area (Å²) in [6.07, 6.45) is 0.865. The van der Waals surface area contributed by atoms with Crippen LogP contribution in [0.4, 0.5) is 0 Å². The monoisotopic (exact) mass is 383 g/mol. The Bertz CT molecular complexity index is 794. The SMILES string of the molecule is COc1ccc(C(CC(C)C)NC(=O)c2cc(C(C)C)c(OC)cc2C)cc1. The van der Waals surface area contributed by atoms with Gasteiger partial charge in [0, 0.05) is 5.56 Å². The second-order valence-corrected chi connectivity index (χ2v) is 7.99. The summed E-state index contributed by atoms with van der Waals surface area (Å²) < 4.78 is 10.8. The fourth-order valence-corrected chi connectivity index (χ4v) is 3.39. The zero-order chi connectivity index (χ0) is 20.8. The number of carbonyl (C=O) groups is 1. The Balaban J connectivity index is 2.33. The summed E-state index contributed by atoms with van der Waals surface area (Å²) >= 11 is 0. The number of aryl methyl sites for hydroxylation is 1. The lowest BCUT2D eigenvalue weighted by Crippen LogP contribution is -2.30. The van der Waals surface area contributed by atoms with Crippen molar-refractivity contribution in [3.8, 4) is 11.5 Å². The normalized spacial score (nSPS) is 12.2. The van der Waals surface area contributed by atoms with Crippen molar-refractivity contribution in [2.75, 3.05) is 14.2 Å². The van der Waals surface area contributed by atoms with Crippen molar-refractivity contribution in [1.29, 1.82) is 0 Å². The number of amides is 1. The van der Waals surface area contributed by atoms with E-state index >= 15 is 0 Å². The minimum atomic E-state index is -0.0533. The fourth-order valence-electron chi connectivity index (χ4n) is 3.39. The number of carbonyl (C=O) groups excluding carboxylic acids is 1. The molecule has 0 aliphatic carbocycles. The molecule has 28 heavy (non-hydrogen) atoms. The lowest BCUT2D eigenvalue weighted by atomic mass is 9.94. The molecule has 0 saturated heterocycles. The van der Waals surface area contributed by atoms with Crippen LogP contribution in [-0.4, -0.2) is 20.1 Å². The minimum absolute atomic E-state index is 0.0523. The third-order valence-corrected chi connectivity index (χ3v) is 4.97. The first-order valence-electron chi connectivity index (χ1n) is 9.90. The third kappa shape index (κ3) is 5.28. The van der Waals surface area contributed by atoms with Crippen LogP contribution in [-0.2, 0) is 0 Å². The molecular weight excluding hydrogens is 350 g/mol. The van der Waals surface area contributed by atoms with E-state index in [1.54, 1.807) is 14.2 Å². The van der Waals surface area contributed by atoms with Crippen molar-refractivity contribution >= 4 is 5.91 Å². The molecule has 2 rings (SSSR count). The lowest BCUT2D eigenvalue weighted by molar-refractivity contribution is 0.0931. The van der Waals surface area contributed by atoms with Gasteiger partial charge in [0.1, 0.15) is 11.5 Å². The smallest absolute Gasteiger partial charge is 0.252 e. The lowest BCUT2D eigenvalue weighted by Gasteiger charge is -2.23. The standard InChI is InChI=1S/C24H33NO3/c1-15(2)12-22(18-8-10-19(27-6)11-9-18)25-24(26)21-14-20(16(3)4)23(28-7)13-17(21)5/h8-11,13-16,22H,12H2,1-7H3,(H,25,26). The van der Waals surface area contributed by atoms with Gasteiger partial charge in [0.2, 0.25) is 0 Å². The van der Waals surface area contributed by atoms with Gasteiger partial charge in [0.25, 0.3) is 5.91 Å². The van der Waals surface area contributed by atoms with E-state index in [1.807, 2.05) is 43.3 Å². The van der Waals surface area contributed by atoms with E-state index in [0.29, 0.717) is 11.5 Å². The molecule has 2 aromatic carbocycles. The second kappa shape index (κ2) is 9.63. The van der Waals surface area contributed by atoms with E-state index in [1.165, 1.54) is 0 Å². The van der Waals surface area contributed by atoms with Crippen molar-refractivity contribution in [3.63, 3.8) is 0 Å². The van der Waals surface area contributed by atoms with E-state index in [4.69, 9.17) is 9.47 Å². The van der Waals surface area contributed by atoms with Gasteiger partial charge >= 0.3 is 0 Å². The van der Waals surface area contributed by atoms with Crippen molar-refractivity contribution < 1.29 is 14.3 Å². The van der Waals surface area contributed by atoms with Crippen LogP contribution in [0.2, 0.25) is 0 Å². The highest BCUT2D eigenvalue weighted by molar-refractivity contribution is 5.96. The van der Waals surface area contributed by atoms with E-state index in [2.05, 4.69) is 33.0 Å². The van der Waals surface area contributed by atoms with Crippen LogP contribution in [0.15, 0.2) is 36.4 Å².